The lowest BCUT2D eigenvalue weighted by Crippen LogP contribution is -2.44. The van der Waals surface area contributed by atoms with Gasteiger partial charge in [-0.1, -0.05) is 38.1 Å². The van der Waals surface area contributed by atoms with E-state index < -0.39 is 0 Å². The number of hydrogen-bond donors (Lipinski definition) is 1. The summed E-state index contributed by atoms with van der Waals surface area (Å²) in [6.07, 6.45) is 5.19. The van der Waals surface area contributed by atoms with Gasteiger partial charge in [0.2, 0.25) is 0 Å². The molecule has 2 rings (SSSR count). The van der Waals surface area contributed by atoms with Gasteiger partial charge in [0.05, 0.1) is 6.10 Å². The van der Waals surface area contributed by atoms with Crippen molar-refractivity contribution < 1.29 is 4.74 Å². The van der Waals surface area contributed by atoms with Crippen molar-refractivity contribution in [3.8, 4) is 0 Å². The summed E-state index contributed by atoms with van der Waals surface area (Å²) in [5.41, 5.74) is 3.33. The van der Waals surface area contributed by atoms with Crippen LogP contribution in [0.5, 0.6) is 0 Å². The molecule has 0 bridgehead atoms. The average molecular weight is 289 g/mol. The second-order valence-electron chi connectivity index (χ2n) is 7.07. The second-order valence-corrected chi connectivity index (χ2v) is 7.07. The van der Waals surface area contributed by atoms with Gasteiger partial charge in [-0.25, -0.2) is 0 Å². The van der Waals surface area contributed by atoms with E-state index in [4.69, 9.17) is 4.74 Å². The van der Waals surface area contributed by atoms with Crippen LogP contribution in [0.25, 0.3) is 0 Å². The van der Waals surface area contributed by atoms with E-state index in [0.29, 0.717) is 12.0 Å². The van der Waals surface area contributed by atoms with Crippen LogP contribution in [0.1, 0.15) is 51.2 Å². The number of ether oxygens (including phenoxy) is 1. The summed E-state index contributed by atoms with van der Waals surface area (Å²) in [6, 6.07) is 9.02. The summed E-state index contributed by atoms with van der Waals surface area (Å²) in [5, 5.41) is 3.71. The Hall–Kier alpha value is -0.860. The lowest BCUT2D eigenvalue weighted by atomic mass is 9.67. The van der Waals surface area contributed by atoms with Gasteiger partial charge in [-0.05, 0) is 56.2 Å². The van der Waals surface area contributed by atoms with Crippen molar-refractivity contribution in [1.29, 1.82) is 0 Å². The lowest BCUT2D eigenvalue weighted by Gasteiger charge is -2.41. The van der Waals surface area contributed by atoms with Crippen LogP contribution in [0.3, 0.4) is 0 Å². The Labute approximate surface area is 130 Å². The molecule has 2 nitrogen and oxygen atoms in total. The molecular formula is C19H31NO. The van der Waals surface area contributed by atoms with Crippen LogP contribution in [-0.2, 0) is 16.6 Å². The first kappa shape index (κ1) is 16.5. The third-order valence-electron chi connectivity index (χ3n) is 4.79. The van der Waals surface area contributed by atoms with Crippen molar-refractivity contribution in [2.45, 2.75) is 58.0 Å². The summed E-state index contributed by atoms with van der Waals surface area (Å²) in [4.78, 5) is 0. The minimum atomic E-state index is 0.235. The van der Waals surface area contributed by atoms with Gasteiger partial charge in [0, 0.05) is 19.1 Å². The maximum Gasteiger partial charge on any atom is 0.0552 e. The highest BCUT2D eigenvalue weighted by Crippen LogP contribution is 2.40. The zero-order chi connectivity index (χ0) is 15.3. The van der Waals surface area contributed by atoms with Crippen LogP contribution < -0.4 is 5.32 Å². The minimum absolute atomic E-state index is 0.235. The minimum Gasteiger partial charge on any atom is -0.382 e. The molecule has 0 aromatic heterocycles. The van der Waals surface area contributed by atoms with E-state index in [1.54, 1.807) is 11.1 Å². The van der Waals surface area contributed by atoms with Crippen molar-refractivity contribution in [3.05, 3.63) is 35.4 Å². The molecule has 0 fully saturated rings. The Morgan fingerprint density at radius 3 is 2.71 bits per heavy atom. The Morgan fingerprint density at radius 1 is 1.24 bits per heavy atom. The van der Waals surface area contributed by atoms with Gasteiger partial charge in [0.15, 0.2) is 0 Å². The quantitative estimate of drug-likeness (QED) is 0.821. The highest BCUT2D eigenvalue weighted by Gasteiger charge is 2.37. The molecule has 1 aromatic carbocycles. The standard InChI is InChI=1S/C19H31NO/c1-15(2)13-20-14-19(12-16(3)21-4)11-7-9-17-8-5-6-10-18(17)19/h5-6,8,10,15-16,20H,7,9,11-14H2,1-4H3. The number of nitrogens with one attached hydrogen (secondary N) is 1. The second kappa shape index (κ2) is 7.42. The molecule has 2 heteroatoms. The van der Waals surface area contributed by atoms with E-state index in [1.165, 1.54) is 19.3 Å². The zero-order valence-corrected chi connectivity index (χ0v) is 14.1. The maximum absolute atomic E-state index is 5.59. The van der Waals surface area contributed by atoms with E-state index in [2.05, 4.69) is 50.4 Å². The lowest BCUT2D eigenvalue weighted by molar-refractivity contribution is 0.0812. The summed E-state index contributed by atoms with van der Waals surface area (Å²) in [5.74, 6) is 0.695. The summed E-state index contributed by atoms with van der Waals surface area (Å²) < 4.78 is 5.59. The molecule has 1 aliphatic carbocycles. The molecule has 0 aliphatic heterocycles. The maximum atomic E-state index is 5.59. The molecule has 1 aromatic rings. The zero-order valence-electron chi connectivity index (χ0n) is 14.1. The molecular weight excluding hydrogens is 258 g/mol. The molecule has 0 radical (unpaired) electrons. The van der Waals surface area contributed by atoms with Gasteiger partial charge in [-0.15, -0.1) is 0 Å². The molecule has 1 N–H and O–H groups in total. The van der Waals surface area contributed by atoms with Crippen molar-refractivity contribution >= 4 is 0 Å². The first-order valence-corrected chi connectivity index (χ1v) is 8.39. The van der Waals surface area contributed by atoms with E-state index in [0.717, 1.165) is 19.5 Å². The smallest absolute Gasteiger partial charge is 0.0552 e. The highest BCUT2D eigenvalue weighted by atomic mass is 16.5. The first-order valence-electron chi connectivity index (χ1n) is 8.39. The average Bonchev–Trinajstić information content (AvgIpc) is 2.47. The fourth-order valence-corrected chi connectivity index (χ4v) is 3.71. The fourth-order valence-electron chi connectivity index (χ4n) is 3.71. The highest BCUT2D eigenvalue weighted by molar-refractivity contribution is 5.37. The number of hydrogen-bond acceptors (Lipinski definition) is 2. The third-order valence-corrected chi connectivity index (χ3v) is 4.79. The van der Waals surface area contributed by atoms with Gasteiger partial charge in [-0.2, -0.15) is 0 Å². The molecule has 118 valence electrons. The number of rotatable bonds is 7. The van der Waals surface area contributed by atoms with E-state index in [9.17, 15) is 0 Å². The normalized spacial score (nSPS) is 23.1. The number of benzene rings is 1. The van der Waals surface area contributed by atoms with Crippen LogP contribution in [0, 0.1) is 5.92 Å². The molecule has 21 heavy (non-hydrogen) atoms. The van der Waals surface area contributed by atoms with Gasteiger partial charge >= 0.3 is 0 Å². The molecule has 0 spiro atoms. The molecule has 2 unspecified atom stereocenters. The van der Waals surface area contributed by atoms with Crippen molar-refractivity contribution in [2.75, 3.05) is 20.2 Å². The van der Waals surface area contributed by atoms with Gasteiger partial charge in [0.1, 0.15) is 0 Å². The number of fused-ring (bicyclic) bond motifs is 1. The van der Waals surface area contributed by atoms with E-state index in [-0.39, 0.29) is 5.41 Å². The van der Waals surface area contributed by atoms with Crippen LogP contribution >= 0.6 is 0 Å². The summed E-state index contributed by atoms with van der Waals surface area (Å²) in [7, 11) is 1.83. The molecule has 0 saturated carbocycles. The van der Waals surface area contributed by atoms with Gasteiger partial charge in [0.25, 0.3) is 0 Å². The molecule has 0 saturated heterocycles. The van der Waals surface area contributed by atoms with Crippen LogP contribution in [-0.4, -0.2) is 26.3 Å². The van der Waals surface area contributed by atoms with Crippen LogP contribution in [0.4, 0.5) is 0 Å². The van der Waals surface area contributed by atoms with E-state index in [1.807, 2.05) is 7.11 Å². The Bertz CT molecular complexity index is 443. The van der Waals surface area contributed by atoms with Crippen molar-refractivity contribution in [3.63, 3.8) is 0 Å². The fraction of sp³-hybridized carbons (Fsp3) is 0.684. The predicted molar refractivity (Wildman–Crippen MR) is 89.9 cm³/mol. The van der Waals surface area contributed by atoms with Gasteiger partial charge in [-0.3, -0.25) is 0 Å². The van der Waals surface area contributed by atoms with Crippen molar-refractivity contribution in [1.82, 2.24) is 5.32 Å². The Balaban J connectivity index is 2.24. The van der Waals surface area contributed by atoms with Crippen molar-refractivity contribution in [2.24, 2.45) is 5.92 Å². The topological polar surface area (TPSA) is 21.3 Å². The largest absolute Gasteiger partial charge is 0.382 e. The first-order chi connectivity index (χ1) is 10.1. The number of aryl methyl sites for hydroxylation is 1. The SMILES string of the molecule is COC(C)CC1(CNCC(C)C)CCCc2ccccc21. The Morgan fingerprint density at radius 2 is 2.00 bits per heavy atom. The summed E-state index contributed by atoms with van der Waals surface area (Å²) >= 11 is 0. The monoisotopic (exact) mass is 289 g/mol. The van der Waals surface area contributed by atoms with E-state index >= 15 is 0 Å². The molecule has 1 aliphatic rings. The third kappa shape index (κ3) is 4.08. The van der Waals surface area contributed by atoms with Crippen LogP contribution in [0.15, 0.2) is 24.3 Å². The predicted octanol–water partition coefficient (Wildman–Crippen LogP) is 3.93. The van der Waals surface area contributed by atoms with Gasteiger partial charge < -0.3 is 10.1 Å². The number of methoxy groups -OCH3 is 1. The Kier molecular flexibility index (Phi) is 5.83. The molecule has 0 heterocycles. The molecule has 0 amide bonds. The summed E-state index contributed by atoms with van der Waals surface area (Å²) in [6.45, 7) is 8.89. The van der Waals surface area contributed by atoms with Crippen LogP contribution in [0.2, 0.25) is 0 Å². The molecule has 2 atom stereocenters.